The average molecular weight is 375 g/mol. The van der Waals surface area contributed by atoms with Gasteiger partial charge in [0.2, 0.25) is 0 Å². The quantitative estimate of drug-likeness (QED) is 0.475. The highest BCUT2D eigenvalue weighted by Crippen LogP contribution is 2.28. The number of phenolic OH excluding ortho intramolecular Hbond substituents is 1. The van der Waals surface area contributed by atoms with Crippen molar-refractivity contribution in [3.8, 4) is 11.5 Å². The highest BCUT2D eigenvalue weighted by Gasteiger charge is 2.29. The van der Waals surface area contributed by atoms with Gasteiger partial charge in [-0.05, 0) is 36.2 Å². The number of aromatic hydroxyl groups is 1. The number of nitrogens with zero attached hydrogens (tertiary/aromatic N) is 1. The maximum Gasteiger partial charge on any atom is 0.258 e. The van der Waals surface area contributed by atoms with Crippen LogP contribution in [0.15, 0.2) is 47.6 Å². The van der Waals surface area contributed by atoms with Gasteiger partial charge in [0.25, 0.3) is 5.91 Å². The van der Waals surface area contributed by atoms with Crippen LogP contribution < -0.4 is 21.0 Å². The number of methoxy groups -OCH3 is 1. The molecule has 136 valence electrons. The Morgan fingerprint density at radius 2 is 2.08 bits per heavy atom. The maximum atomic E-state index is 12.2. The summed E-state index contributed by atoms with van der Waals surface area (Å²) in [6.45, 7) is 0. The minimum atomic E-state index is -0.424. The van der Waals surface area contributed by atoms with E-state index in [1.807, 2.05) is 24.3 Å². The van der Waals surface area contributed by atoms with Crippen molar-refractivity contribution in [3.05, 3.63) is 58.6 Å². The van der Waals surface area contributed by atoms with Crippen LogP contribution in [-0.2, 0) is 4.79 Å². The Morgan fingerprint density at radius 1 is 1.31 bits per heavy atom. The Labute approximate surface area is 156 Å². The molecule has 2 unspecified atom stereocenters. The number of halogens is 1. The van der Waals surface area contributed by atoms with Crippen molar-refractivity contribution in [1.82, 2.24) is 16.3 Å². The summed E-state index contributed by atoms with van der Waals surface area (Å²) >= 11 is 5.89. The molecule has 8 heteroatoms. The van der Waals surface area contributed by atoms with Gasteiger partial charge in [-0.1, -0.05) is 29.8 Å². The molecule has 1 amide bonds. The normalized spacial score (nSPS) is 19.6. The lowest BCUT2D eigenvalue weighted by molar-refractivity contribution is -0.122. The molecule has 1 aliphatic heterocycles. The van der Waals surface area contributed by atoms with E-state index in [2.05, 4.69) is 21.4 Å². The molecule has 1 aliphatic rings. The Kier molecular flexibility index (Phi) is 5.72. The maximum absolute atomic E-state index is 12.2. The van der Waals surface area contributed by atoms with Crippen molar-refractivity contribution in [2.45, 2.75) is 18.5 Å². The van der Waals surface area contributed by atoms with E-state index >= 15 is 0 Å². The van der Waals surface area contributed by atoms with E-state index in [-0.39, 0.29) is 17.7 Å². The molecule has 0 aromatic heterocycles. The number of hydrazone groups is 1. The zero-order valence-corrected chi connectivity index (χ0v) is 14.8. The van der Waals surface area contributed by atoms with E-state index in [0.717, 1.165) is 5.56 Å². The first kappa shape index (κ1) is 18.2. The number of hydrazine groups is 1. The van der Waals surface area contributed by atoms with E-state index in [4.69, 9.17) is 16.3 Å². The van der Waals surface area contributed by atoms with Gasteiger partial charge in [0.05, 0.1) is 13.3 Å². The fourth-order valence-electron chi connectivity index (χ4n) is 2.69. The summed E-state index contributed by atoms with van der Waals surface area (Å²) in [4.78, 5) is 12.2. The van der Waals surface area contributed by atoms with Crippen LogP contribution in [0.5, 0.6) is 11.5 Å². The molecule has 0 aliphatic carbocycles. The third-order valence-corrected chi connectivity index (χ3v) is 4.37. The molecule has 0 bridgehead atoms. The largest absolute Gasteiger partial charge is 0.504 e. The molecule has 1 fully saturated rings. The van der Waals surface area contributed by atoms with Crippen LogP contribution in [-0.4, -0.2) is 30.4 Å². The number of carbonyl (C=O) groups excluding carboxylic acids is 1. The summed E-state index contributed by atoms with van der Waals surface area (Å²) < 4.78 is 5.03. The summed E-state index contributed by atoms with van der Waals surface area (Å²) in [6, 6.07) is 12.1. The SMILES string of the molecule is COc1cccc(/C=N/NC(=O)C2CC(c3ccc(Cl)cc3)NN2)c1O. The molecule has 1 heterocycles. The molecule has 3 rings (SSSR count). The van der Waals surface area contributed by atoms with E-state index in [1.54, 1.807) is 18.2 Å². The molecule has 7 nitrogen and oxygen atoms in total. The number of carbonyl (C=O) groups is 1. The Morgan fingerprint density at radius 3 is 2.81 bits per heavy atom. The monoisotopic (exact) mass is 374 g/mol. The fraction of sp³-hybridized carbons (Fsp3) is 0.222. The zero-order chi connectivity index (χ0) is 18.5. The lowest BCUT2D eigenvalue weighted by Crippen LogP contribution is -2.41. The van der Waals surface area contributed by atoms with Gasteiger partial charge in [-0.2, -0.15) is 5.10 Å². The number of ether oxygens (including phenoxy) is 1. The average Bonchev–Trinajstić information content (AvgIpc) is 3.14. The molecular formula is C18H19ClN4O3. The molecule has 26 heavy (non-hydrogen) atoms. The van der Waals surface area contributed by atoms with Gasteiger partial charge in [-0.25, -0.2) is 16.3 Å². The van der Waals surface area contributed by atoms with Crippen LogP contribution in [0.4, 0.5) is 0 Å². The zero-order valence-electron chi connectivity index (χ0n) is 14.1. The Bertz CT molecular complexity index is 811. The van der Waals surface area contributed by atoms with Gasteiger partial charge in [-0.3, -0.25) is 4.79 Å². The molecule has 2 atom stereocenters. The number of phenols is 1. The number of hydrogen-bond acceptors (Lipinski definition) is 6. The van der Waals surface area contributed by atoms with Crippen molar-refractivity contribution in [1.29, 1.82) is 0 Å². The van der Waals surface area contributed by atoms with Crippen LogP contribution in [0, 0.1) is 0 Å². The van der Waals surface area contributed by atoms with E-state index < -0.39 is 6.04 Å². The minimum absolute atomic E-state index is 0.00873. The van der Waals surface area contributed by atoms with E-state index in [9.17, 15) is 9.90 Å². The third-order valence-electron chi connectivity index (χ3n) is 4.12. The van der Waals surface area contributed by atoms with Gasteiger partial charge in [-0.15, -0.1) is 0 Å². The molecule has 1 saturated heterocycles. The molecule has 0 saturated carbocycles. The van der Waals surface area contributed by atoms with E-state index in [0.29, 0.717) is 22.8 Å². The van der Waals surface area contributed by atoms with Gasteiger partial charge in [0, 0.05) is 16.6 Å². The topological polar surface area (TPSA) is 95.0 Å². The van der Waals surface area contributed by atoms with Crippen LogP contribution >= 0.6 is 11.6 Å². The van der Waals surface area contributed by atoms with Crippen LogP contribution in [0.1, 0.15) is 23.6 Å². The summed E-state index contributed by atoms with van der Waals surface area (Å²) in [5.41, 5.74) is 10.0. The van der Waals surface area contributed by atoms with Crippen LogP contribution in [0.3, 0.4) is 0 Å². The molecule has 0 spiro atoms. The van der Waals surface area contributed by atoms with Crippen molar-refractivity contribution in [2.24, 2.45) is 5.10 Å². The Balaban J connectivity index is 1.57. The second-order valence-corrected chi connectivity index (χ2v) is 6.25. The lowest BCUT2D eigenvalue weighted by atomic mass is 10.0. The van der Waals surface area contributed by atoms with Crippen molar-refractivity contribution in [2.75, 3.05) is 7.11 Å². The number of benzene rings is 2. The minimum Gasteiger partial charge on any atom is -0.504 e. The van der Waals surface area contributed by atoms with Crippen LogP contribution in [0.25, 0.3) is 0 Å². The highest BCUT2D eigenvalue weighted by atomic mass is 35.5. The summed E-state index contributed by atoms with van der Waals surface area (Å²) in [6.07, 6.45) is 1.95. The Hall–Kier alpha value is -2.61. The fourth-order valence-corrected chi connectivity index (χ4v) is 2.82. The first-order chi connectivity index (χ1) is 12.6. The number of para-hydroxylation sites is 1. The highest BCUT2D eigenvalue weighted by molar-refractivity contribution is 6.30. The van der Waals surface area contributed by atoms with Crippen molar-refractivity contribution < 1.29 is 14.6 Å². The number of nitrogens with one attached hydrogen (secondary N) is 3. The first-order valence-corrected chi connectivity index (χ1v) is 8.41. The molecule has 0 radical (unpaired) electrons. The predicted octanol–water partition coefficient (Wildman–Crippen LogP) is 2.11. The van der Waals surface area contributed by atoms with E-state index in [1.165, 1.54) is 13.3 Å². The number of hydrogen-bond donors (Lipinski definition) is 4. The van der Waals surface area contributed by atoms with Gasteiger partial charge < -0.3 is 9.84 Å². The van der Waals surface area contributed by atoms with Gasteiger partial charge >= 0.3 is 0 Å². The predicted molar refractivity (Wildman–Crippen MR) is 99.3 cm³/mol. The smallest absolute Gasteiger partial charge is 0.258 e. The van der Waals surface area contributed by atoms with Crippen molar-refractivity contribution >= 4 is 23.7 Å². The third kappa shape index (κ3) is 4.13. The molecule has 4 N–H and O–H groups in total. The lowest BCUT2D eigenvalue weighted by Gasteiger charge is -2.09. The summed E-state index contributed by atoms with van der Waals surface area (Å²) in [5, 5.41) is 14.6. The second kappa shape index (κ2) is 8.18. The molecule has 2 aromatic rings. The number of rotatable bonds is 5. The molecule has 2 aromatic carbocycles. The summed E-state index contributed by atoms with van der Waals surface area (Å²) in [7, 11) is 1.47. The van der Waals surface area contributed by atoms with Gasteiger partial charge in [0.1, 0.15) is 6.04 Å². The van der Waals surface area contributed by atoms with Gasteiger partial charge in [0.15, 0.2) is 11.5 Å². The number of amides is 1. The standard InChI is InChI=1S/C18H19ClN4O3/c1-26-16-4-2-3-12(17(16)24)10-20-23-18(25)15-9-14(21-22-15)11-5-7-13(19)8-6-11/h2-8,10,14-15,21-22,24H,9H2,1H3,(H,23,25)/b20-10+. The second-order valence-electron chi connectivity index (χ2n) is 5.81. The summed E-state index contributed by atoms with van der Waals surface area (Å²) in [5.74, 6) is 0.0387. The first-order valence-electron chi connectivity index (χ1n) is 8.04. The van der Waals surface area contributed by atoms with Crippen molar-refractivity contribution in [3.63, 3.8) is 0 Å². The van der Waals surface area contributed by atoms with Crippen LogP contribution in [0.2, 0.25) is 5.02 Å². The molecular weight excluding hydrogens is 356 g/mol.